The van der Waals surface area contributed by atoms with Gasteiger partial charge in [-0.3, -0.25) is 4.72 Å². The second-order valence-corrected chi connectivity index (χ2v) is 10.5. The Balaban J connectivity index is 1.51. The molecule has 0 spiro atoms. The second kappa shape index (κ2) is 10.2. The fourth-order valence-electron chi connectivity index (χ4n) is 3.70. The number of aromatic nitrogens is 1. The maximum absolute atomic E-state index is 14.5. The smallest absolute Gasteiger partial charge is 0.266 e. The minimum atomic E-state index is -4.28. The van der Waals surface area contributed by atoms with Crippen LogP contribution in [0.1, 0.15) is 44.9 Å². The van der Waals surface area contributed by atoms with Crippen molar-refractivity contribution in [3.63, 3.8) is 0 Å². The Morgan fingerprint density at radius 2 is 2.03 bits per heavy atom. The van der Waals surface area contributed by atoms with Gasteiger partial charge in [-0.25, -0.2) is 17.8 Å². The van der Waals surface area contributed by atoms with E-state index in [-0.39, 0.29) is 10.2 Å². The Bertz CT molecular complexity index is 971. The third kappa shape index (κ3) is 6.03. The van der Waals surface area contributed by atoms with Gasteiger partial charge >= 0.3 is 0 Å². The molecule has 0 amide bonds. The highest BCUT2D eigenvalue weighted by Crippen LogP contribution is 2.31. The maximum atomic E-state index is 14.5. The topological polar surface area (TPSA) is 97.1 Å². The van der Waals surface area contributed by atoms with Gasteiger partial charge < -0.3 is 11.1 Å². The Morgan fingerprint density at radius 1 is 1.23 bits per heavy atom. The summed E-state index contributed by atoms with van der Waals surface area (Å²) in [6.07, 6.45) is 8.59. The molecule has 0 radical (unpaired) electrons. The molecule has 1 aliphatic carbocycles. The van der Waals surface area contributed by atoms with Gasteiger partial charge in [0.05, 0.1) is 16.9 Å². The van der Waals surface area contributed by atoms with Gasteiger partial charge in [-0.15, -0.1) is 0 Å². The number of halogens is 3. The first-order chi connectivity index (χ1) is 14.3. The summed E-state index contributed by atoms with van der Waals surface area (Å²) < 4.78 is 54.2. The lowest BCUT2D eigenvalue weighted by Gasteiger charge is -2.15. The SMILES string of the molecule is N[C@H]1CCC[C@@H]1CCCCCNc1cc(F)c(S(=O)(=O)Nc2ncc(F)s2)cc1Cl. The van der Waals surface area contributed by atoms with Crippen LogP contribution < -0.4 is 15.8 Å². The first kappa shape index (κ1) is 23.2. The fraction of sp³-hybridized carbons (Fsp3) is 0.526. The fourth-order valence-corrected chi connectivity index (χ4v) is 5.86. The molecule has 3 rings (SSSR count). The molecule has 1 heterocycles. The average molecular weight is 479 g/mol. The molecular formula is C19H25ClF2N4O2S2. The van der Waals surface area contributed by atoms with Crippen LogP contribution in [0.15, 0.2) is 23.2 Å². The minimum absolute atomic E-state index is 0.0824. The summed E-state index contributed by atoms with van der Waals surface area (Å²) in [6, 6.07) is 2.42. The van der Waals surface area contributed by atoms with Crippen molar-refractivity contribution in [1.29, 1.82) is 0 Å². The standard InChI is InChI=1S/C19H25ClF2N4O2S2/c20-13-9-17(30(27,28)26-19-25-11-18(22)29-19)14(21)10-16(13)24-8-3-1-2-5-12-6-4-7-15(12)23/h9-12,15,24H,1-8,23H2,(H,25,26)/t12-,15-/m0/s1. The van der Waals surface area contributed by atoms with Crippen LogP contribution in [-0.4, -0.2) is 26.0 Å². The summed E-state index contributed by atoms with van der Waals surface area (Å²) >= 11 is 6.65. The largest absolute Gasteiger partial charge is 0.384 e. The van der Waals surface area contributed by atoms with Crippen molar-refractivity contribution in [2.24, 2.45) is 11.7 Å². The highest BCUT2D eigenvalue weighted by molar-refractivity contribution is 7.93. The number of thiazole rings is 1. The normalized spacial score (nSPS) is 19.2. The quantitative estimate of drug-likeness (QED) is 0.418. The predicted molar refractivity (Wildman–Crippen MR) is 117 cm³/mol. The van der Waals surface area contributed by atoms with Gasteiger partial charge in [0.15, 0.2) is 10.3 Å². The predicted octanol–water partition coefficient (Wildman–Crippen LogP) is 4.98. The lowest BCUT2D eigenvalue weighted by Crippen LogP contribution is -2.24. The average Bonchev–Trinajstić information content (AvgIpc) is 3.27. The van der Waals surface area contributed by atoms with Crippen LogP contribution in [0.2, 0.25) is 5.02 Å². The highest BCUT2D eigenvalue weighted by Gasteiger charge is 2.24. The van der Waals surface area contributed by atoms with E-state index in [0.717, 1.165) is 50.4 Å². The van der Waals surface area contributed by atoms with Gasteiger partial charge in [-0.05, 0) is 43.7 Å². The van der Waals surface area contributed by atoms with Crippen LogP contribution in [0.4, 0.5) is 19.6 Å². The van der Waals surface area contributed by atoms with Gasteiger partial charge in [0, 0.05) is 12.6 Å². The molecular weight excluding hydrogens is 454 g/mol. The van der Waals surface area contributed by atoms with Crippen LogP contribution in [0.25, 0.3) is 0 Å². The van der Waals surface area contributed by atoms with Crippen LogP contribution in [-0.2, 0) is 10.0 Å². The molecule has 1 aromatic carbocycles. The zero-order valence-corrected chi connectivity index (χ0v) is 18.7. The zero-order valence-electron chi connectivity index (χ0n) is 16.3. The third-order valence-electron chi connectivity index (χ3n) is 5.30. The first-order valence-electron chi connectivity index (χ1n) is 9.89. The van der Waals surface area contributed by atoms with Gasteiger partial charge in [-0.2, -0.15) is 4.39 Å². The number of nitrogens with one attached hydrogen (secondary N) is 2. The molecule has 11 heteroatoms. The number of hydrogen-bond acceptors (Lipinski definition) is 6. The number of benzene rings is 1. The summed E-state index contributed by atoms with van der Waals surface area (Å²) in [5.41, 5.74) is 6.41. The Labute approximate surface area is 184 Å². The molecule has 1 aliphatic rings. The summed E-state index contributed by atoms with van der Waals surface area (Å²) in [5.74, 6) is -0.327. The van der Waals surface area contributed by atoms with Crippen molar-refractivity contribution in [1.82, 2.24) is 4.98 Å². The van der Waals surface area contributed by atoms with Crippen molar-refractivity contribution in [2.75, 3.05) is 16.6 Å². The Hall–Kier alpha value is -1.49. The van der Waals surface area contributed by atoms with Crippen molar-refractivity contribution in [2.45, 2.75) is 55.9 Å². The van der Waals surface area contributed by atoms with E-state index in [4.69, 9.17) is 17.3 Å². The van der Waals surface area contributed by atoms with E-state index in [1.807, 2.05) is 4.72 Å². The molecule has 1 fully saturated rings. The molecule has 0 unspecified atom stereocenters. The first-order valence-corrected chi connectivity index (χ1v) is 12.6. The van der Waals surface area contributed by atoms with E-state index in [9.17, 15) is 17.2 Å². The molecule has 6 nitrogen and oxygen atoms in total. The van der Waals surface area contributed by atoms with Gasteiger partial charge in [0.2, 0.25) is 0 Å². The molecule has 2 aromatic rings. The van der Waals surface area contributed by atoms with Crippen LogP contribution in [0.5, 0.6) is 0 Å². The molecule has 1 saturated carbocycles. The van der Waals surface area contributed by atoms with Crippen LogP contribution in [0, 0.1) is 16.9 Å². The zero-order chi connectivity index (χ0) is 21.7. The molecule has 30 heavy (non-hydrogen) atoms. The van der Waals surface area contributed by atoms with Crippen molar-refractivity contribution >= 4 is 43.8 Å². The number of sulfonamides is 1. The van der Waals surface area contributed by atoms with E-state index < -0.39 is 25.9 Å². The highest BCUT2D eigenvalue weighted by atomic mass is 35.5. The van der Waals surface area contributed by atoms with Gasteiger partial charge in [-0.1, -0.05) is 42.2 Å². The van der Waals surface area contributed by atoms with Crippen molar-refractivity contribution in [3.05, 3.63) is 34.3 Å². The van der Waals surface area contributed by atoms with E-state index in [0.29, 0.717) is 35.5 Å². The number of hydrogen-bond donors (Lipinski definition) is 3. The van der Waals surface area contributed by atoms with E-state index in [2.05, 4.69) is 10.3 Å². The number of nitrogens with two attached hydrogens (primary N) is 1. The van der Waals surface area contributed by atoms with E-state index >= 15 is 0 Å². The van der Waals surface area contributed by atoms with E-state index in [1.54, 1.807) is 0 Å². The lowest BCUT2D eigenvalue weighted by molar-refractivity contribution is 0.424. The van der Waals surface area contributed by atoms with Gasteiger partial charge in [0.25, 0.3) is 10.0 Å². The molecule has 0 aliphatic heterocycles. The summed E-state index contributed by atoms with van der Waals surface area (Å²) in [5, 5.41) is 2.29. The molecule has 166 valence electrons. The summed E-state index contributed by atoms with van der Waals surface area (Å²) in [6.45, 7) is 0.596. The monoisotopic (exact) mass is 478 g/mol. The Kier molecular flexibility index (Phi) is 7.89. The Morgan fingerprint density at radius 3 is 2.70 bits per heavy atom. The molecule has 0 bridgehead atoms. The number of anilines is 2. The van der Waals surface area contributed by atoms with Crippen LogP contribution >= 0.6 is 22.9 Å². The minimum Gasteiger partial charge on any atom is -0.384 e. The maximum Gasteiger partial charge on any atom is 0.266 e. The summed E-state index contributed by atoms with van der Waals surface area (Å²) in [7, 11) is -4.28. The summed E-state index contributed by atoms with van der Waals surface area (Å²) in [4.78, 5) is 2.95. The number of unbranched alkanes of at least 4 members (excludes halogenated alkanes) is 2. The molecule has 0 saturated heterocycles. The lowest BCUT2D eigenvalue weighted by atomic mass is 9.97. The molecule has 2 atom stereocenters. The number of rotatable bonds is 10. The van der Waals surface area contributed by atoms with Crippen molar-refractivity contribution < 1.29 is 17.2 Å². The second-order valence-electron chi connectivity index (χ2n) is 7.47. The van der Waals surface area contributed by atoms with Crippen molar-refractivity contribution in [3.8, 4) is 0 Å². The van der Waals surface area contributed by atoms with Gasteiger partial charge in [0.1, 0.15) is 10.7 Å². The van der Waals surface area contributed by atoms with E-state index in [1.165, 1.54) is 12.8 Å². The molecule has 4 N–H and O–H groups in total. The third-order valence-corrected chi connectivity index (χ3v) is 7.79. The number of nitrogens with zero attached hydrogens (tertiary/aromatic N) is 1. The van der Waals surface area contributed by atoms with Crippen LogP contribution in [0.3, 0.4) is 0 Å². The molecule has 1 aromatic heterocycles.